The largest absolute Gasteiger partial charge is 0.380 e. The van der Waals surface area contributed by atoms with Crippen LogP contribution in [0.2, 0.25) is 0 Å². The molecule has 1 atom stereocenters. The van der Waals surface area contributed by atoms with E-state index >= 15 is 0 Å². The summed E-state index contributed by atoms with van der Waals surface area (Å²) in [6.45, 7) is 3.41. The molecule has 10 heteroatoms. The van der Waals surface area contributed by atoms with Crippen molar-refractivity contribution in [1.29, 1.82) is 0 Å². The number of Topliss-reactive ketones (excluding diaryl/α,β-unsaturated/α-hetero) is 1. The molecule has 2 aromatic carbocycles. The molecule has 2 amide bonds. The van der Waals surface area contributed by atoms with E-state index < -0.39 is 32.8 Å². The van der Waals surface area contributed by atoms with Crippen molar-refractivity contribution in [2.45, 2.75) is 24.8 Å². The van der Waals surface area contributed by atoms with E-state index in [2.05, 4.69) is 15.3 Å². The third kappa shape index (κ3) is 5.30. The summed E-state index contributed by atoms with van der Waals surface area (Å²) in [6.07, 6.45) is -1.74. The topological polar surface area (TPSA) is 138 Å². The second kappa shape index (κ2) is 9.02. The Balaban J connectivity index is 1.85. The molecule has 0 saturated heterocycles. The van der Waals surface area contributed by atoms with Crippen LogP contribution in [-0.2, 0) is 10.0 Å². The molecule has 1 unspecified atom stereocenters. The summed E-state index contributed by atoms with van der Waals surface area (Å²) < 4.78 is 27.5. The van der Waals surface area contributed by atoms with Crippen LogP contribution < -0.4 is 10.0 Å². The molecule has 0 saturated carbocycles. The Morgan fingerprint density at radius 2 is 1.52 bits per heavy atom. The monoisotopic (exact) mass is 440 g/mol. The lowest BCUT2D eigenvalue weighted by Crippen LogP contribution is -2.35. The fourth-order valence-electron chi connectivity index (χ4n) is 2.94. The van der Waals surface area contributed by atoms with Crippen molar-refractivity contribution >= 4 is 27.8 Å². The number of ketones is 1. The van der Waals surface area contributed by atoms with Gasteiger partial charge in [0.25, 0.3) is 10.0 Å². The molecule has 1 heterocycles. The van der Waals surface area contributed by atoms with Crippen LogP contribution in [0, 0.1) is 13.8 Å². The molecular weight excluding hydrogens is 420 g/mol. The summed E-state index contributed by atoms with van der Waals surface area (Å²) in [6, 6.07) is 14.0. The predicted molar refractivity (Wildman–Crippen MR) is 113 cm³/mol. The Kier molecular flexibility index (Phi) is 6.42. The third-order valence-electron chi connectivity index (χ3n) is 4.24. The molecule has 3 rings (SSSR count). The quantitative estimate of drug-likeness (QED) is 0.501. The van der Waals surface area contributed by atoms with E-state index in [1.165, 1.54) is 36.4 Å². The third-order valence-corrected chi connectivity index (χ3v) is 5.65. The molecule has 0 spiro atoms. The van der Waals surface area contributed by atoms with Crippen LogP contribution in [0.5, 0.6) is 0 Å². The number of benzene rings is 2. The normalized spacial score (nSPS) is 12.1. The maximum Gasteiger partial charge on any atom is 0.335 e. The molecule has 0 aliphatic rings. The van der Waals surface area contributed by atoms with E-state index in [9.17, 15) is 23.1 Å². The molecule has 31 heavy (non-hydrogen) atoms. The van der Waals surface area contributed by atoms with Crippen LogP contribution in [0.3, 0.4) is 0 Å². The lowest BCUT2D eigenvalue weighted by molar-refractivity contribution is 0.0742. The van der Waals surface area contributed by atoms with Gasteiger partial charge < -0.3 is 5.11 Å². The molecule has 0 bridgehead atoms. The number of carbonyl (C=O) groups is 2. The number of aromatic nitrogens is 2. The fourth-order valence-corrected chi connectivity index (χ4v) is 4.09. The zero-order valence-electron chi connectivity index (χ0n) is 16.7. The Bertz CT molecular complexity index is 1210. The predicted octanol–water partition coefficient (Wildman–Crippen LogP) is 2.52. The van der Waals surface area contributed by atoms with E-state index in [-0.39, 0.29) is 17.1 Å². The number of amides is 2. The van der Waals surface area contributed by atoms with Gasteiger partial charge in [-0.3, -0.25) is 10.1 Å². The van der Waals surface area contributed by atoms with Crippen LogP contribution in [0.4, 0.5) is 10.7 Å². The first-order chi connectivity index (χ1) is 14.7. The standard InChI is InChI=1S/C21H20N4O5S/c1-13-12-14(2)23-20(22-13)24-21(28)25-31(29,30)17-11-7-6-10-16(17)19(27)18(26)15-8-4-3-5-9-15/h3-12,19,27H,1-2H3,(H2,22,23,24,25,28). The summed E-state index contributed by atoms with van der Waals surface area (Å²) in [7, 11) is -4.42. The average Bonchev–Trinajstić information content (AvgIpc) is 2.72. The van der Waals surface area contributed by atoms with Gasteiger partial charge in [0.1, 0.15) is 6.10 Å². The van der Waals surface area contributed by atoms with Gasteiger partial charge in [0.2, 0.25) is 5.95 Å². The van der Waals surface area contributed by atoms with E-state index in [1.807, 2.05) is 4.72 Å². The second-order valence-electron chi connectivity index (χ2n) is 6.70. The van der Waals surface area contributed by atoms with E-state index in [1.54, 1.807) is 38.1 Å². The molecule has 0 aliphatic carbocycles. The van der Waals surface area contributed by atoms with Crippen molar-refractivity contribution in [2.75, 3.05) is 5.32 Å². The van der Waals surface area contributed by atoms with Crippen molar-refractivity contribution in [3.05, 3.63) is 83.2 Å². The van der Waals surface area contributed by atoms with Gasteiger partial charge in [0.15, 0.2) is 5.78 Å². The van der Waals surface area contributed by atoms with E-state index in [0.717, 1.165) is 0 Å². The van der Waals surface area contributed by atoms with Crippen molar-refractivity contribution in [3.63, 3.8) is 0 Å². The smallest absolute Gasteiger partial charge is 0.335 e. The summed E-state index contributed by atoms with van der Waals surface area (Å²) >= 11 is 0. The minimum Gasteiger partial charge on any atom is -0.380 e. The molecule has 0 radical (unpaired) electrons. The number of sulfonamides is 1. The van der Waals surface area contributed by atoms with Gasteiger partial charge in [-0.05, 0) is 26.0 Å². The molecule has 3 aromatic rings. The number of nitrogens with one attached hydrogen (secondary N) is 2. The number of aliphatic hydroxyl groups excluding tert-OH is 1. The van der Waals surface area contributed by atoms with Crippen molar-refractivity contribution in [1.82, 2.24) is 14.7 Å². The summed E-state index contributed by atoms with van der Waals surface area (Å²) in [4.78, 5) is 32.5. The van der Waals surface area contributed by atoms with Crippen LogP contribution in [0.25, 0.3) is 0 Å². The van der Waals surface area contributed by atoms with Crippen LogP contribution in [0.15, 0.2) is 65.6 Å². The maximum absolute atomic E-state index is 12.8. The molecule has 0 fully saturated rings. The number of aryl methyl sites for hydroxylation is 2. The highest BCUT2D eigenvalue weighted by Crippen LogP contribution is 2.25. The number of rotatable bonds is 6. The first-order valence-corrected chi connectivity index (χ1v) is 10.7. The number of hydrogen-bond donors (Lipinski definition) is 3. The van der Waals surface area contributed by atoms with Crippen molar-refractivity contribution in [2.24, 2.45) is 0 Å². The highest BCUT2D eigenvalue weighted by atomic mass is 32.2. The number of hydrogen-bond acceptors (Lipinski definition) is 7. The minimum atomic E-state index is -4.42. The number of carbonyl (C=O) groups excluding carboxylic acids is 2. The Morgan fingerprint density at radius 1 is 0.935 bits per heavy atom. The van der Waals surface area contributed by atoms with Gasteiger partial charge in [-0.25, -0.2) is 27.9 Å². The van der Waals surface area contributed by atoms with Crippen molar-refractivity contribution < 1.29 is 23.1 Å². The van der Waals surface area contributed by atoms with Gasteiger partial charge in [-0.15, -0.1) is 0 Å². The molecule has 9 nitrogen and oxygen atoms in total. The number of urea groups is 1. The highest BCUT2D eigenvalue weighted by molar-refractivity contribution is 7.90. The number of nitrogens with zero attached hydrogens (tertiary/aromatic N) is 2. The lowest BCUT2D eigenvalue weighted by Gasteiger charge is -2.15. The first kappa shape index (κ1) is 22.1. The summed E-state index contributed by atoms with van der Waals surface area (Å²) in [5, 5.41) is 12.8. The Labute approximate surface area is 179 Å². The number of aliphatic hydroxyl groups is 1. The lowest BCUT2D eigenvalue weighted by atomic mass is 10.00. The van der Waals surface area contributed by atoms with Gasteiger partial charge in [0, 0.05) is 22.5 Å². The molecule has 1 aromatic heterocycles. The summed E-state index contributed by atoms with van der Waals surface area (Å²) in [5.74, 6) is -0.728. The van der Waals surface area contributed by atoms with Gasteiger partial charge in [-0.1, -0.05) is 48.5 Å². The van der Waals surface area contributed by atoms with Crippen LogP contribution >= 0.6 is 0 Å². The Morgan fingerprint density at radius 3 is 2.16 bits per heavy atom. The van der Waals surface area contributed by atoms with Gasteiger partial charge >= 0.3 is 6.03 Å². The number of anilines is 1. The molecular formula is C21H20N4O5S. The molecule has 160 valence electrons. The maximum atomic E-state index is 12.8. The van der Waals surface area contributed by atoms with Crippen molar-refractivity contribution in [3.8, 4) is 0 Å². The summed E-state index contributed by atoms with van der Waals surface area (Å²) in [5.41, 5.74) is 1.26. The van der Waals surface area contributed by atoms with E-state index in [4.69, 9.17) is 0 Å². The van der Waals surface area contributed by atoms with Crippen LogP contribution in [-0.4, -0.2) is 35.3 Å². The molecule has 0 aliphatic heterocycles. The minimum absolute atomic E-state index is 0.0576. The highest BCUT2D eigenvalue weighted by Gasteiger charge is 2.28. The Hall–Kier alpha value is -3.63. The molecule has 3 N–H and O–H groups in total. The van der Waals surface area contributed by atoms with E-state index in [0.29, 0.717) is 11.4 Å². The van der Waals surface area contributed by atoms with Gasteiger partial charge in [-0.2, -0.15) is 0 Å². The van der Waals surface area contributed by atoms with Gasteiger partial charge in [0.05, 0.1) is 4.90 Å². The zero-order chi connectivity index (χ0) is 22.6. The fraction of sp³-hybridized carbons (Fsp3) is 0.143. The zero-order valence-corrected chi connectivity index (χ0v) is 17.6. The SMILES string of the molecule is Cc1cc(C)nc(NC(=O)NS(=O)(=O)c2ccccc2C(O)C(=O)c2ccccc2)n1. The first-order valence-electron chi connectivity index (χ1n) is 9.20. The average molecular weight is 440 g/mol. The van der Waals surface area contributed by atoms with Crippen LogP contribution in [0.1, 0.15) is 33.4 Å². The second-order valence-corrected chi connectivity index (χ2v) is 8.36.